The first kappa shape index (κ1) is 14.2. The van der Waals surface area contributed by atoms with E-state index in [2.05, 4.69) is 29.2 Å². The number of fused-ring (bicyclic) bond motifs is 6. The lowest BCUT2D eigenvalue weighted by atomic mass is 9.79. The number of benzene rings is 2. The summed E-state index contributed by atoms with van der Waals surface area (Å²) in [4.78, 5) is 15.3. The van der Waals surface area contributed by atoms with Crippen LogP contribution in [0.25, 0.3) is 11.1 Å². The number of ether oxygens (including phenoxy) is 1. The third kappa shape index (κ3) is 2.11. The van der Waals surface area contributed by atoms with Gasteiger partial charge < -0.3 is 9.64 Å². The van der Waals surface area contributed by atoms with E-state index in [9.17, 15) is 4.79 Å². The van der Waals surface area contributed by atoms with E-state index < -0.39 is 0 Å². The molecule has 1 atom stereocenters. The first-order valence-electron chi connectivity index (χ1n) is 8.92. The Morgan fingerprint density at radius 3 is 2.04 bits per heavy atom. The van der Waals surface area contributed by atoms with Gasteiger partial charge in [-0.05, 0) is 43.0 Å². The van der Waals surface area contributed by atoms with Crippen LogP contribution in [-0.4, -0.2) is 30.5 Å². The molecular weight excluding hydrogens is 298 g/mol. The monoisotopic (exact) mass is 319 g/mol. The zero-order chi connectivity index (χ0) is 16.1. The van der Waals surface area contributed by atoms with Gasteiger partial charge in [0.25, 0.3) is 0 Å². The Balaban J connectivity index is 1.46. The Kier molecular flexibility index (Phi) is 3.23. The van der Waals surface area contributed by atoms with Crippen molar-refractivity contribution in [3.63, 3.8) is 0 Å². The number of nitrogens with zero attached hydrogens (tertiary/aromatic N) is 1. The van der Waals surface area contributed by atoms with Gasteiger partial charge in [0, 0.05) is 17.7 Å². The van der Waals surface area contributed by atoms with Crippen molar-refractivity contribution in [1.29, 1.82) is 0 Å². The lowest BCUT2D eigenvalue weighted by Crippen LogP contribution is -2.50. The predicted octanol–water partition coefficient (Wildman–Crippen LogP) is 3.64. The van der Waals surface area contributed by atoms with E-state index in [1.165, 1.54) is 11.1 Å². The van der Waals surface area contributed by atoms with E-state index in [-0.39, 0.29) is 18.0 Å². The van der Waals surface area contributed by atoms with Crippen LogP contribution in [0.2, 0.25) is 0 Å². The molecule has 3 aliphatic heterocycles. The first-order chi connectivity index (χ1) is 11.8. The Labute approximate surface area is 142 Å². The summed E-state index contributed by atoms with van der Waals surface area (Å²) in [5, 5.41) is 0. The summed E-state index contributed by atoms with van der Waals surface area (Å²) in [6.07, 6.45) is 2.02. The number of hydrogen-bond acceptors (Lipinski definition) is 3. The summed E-state index contributed by atoms with van der Waals surface area (Å²) in [5.41, 5.74) is 4.63. The third-order valence-corrected chi connectivity index (χ3v) is 5.97. The van der Waals surface area contributed by atoms with Crippen LogP contribution >= 0.6 is 0 Å². The van der Waals surface area contributed by atoms with Crippen LogP contribution in [0.5, 0.6) is 0 Å². The zero-order valence-electron chi connectivity index (χ0n) is 13.7. The fourth-order valence-corrected chi connectivity index (χ4v) is 4.67. The van der Waals surface area contributed by atoms with Gasteiger partial charge in [0.2, 0.25) is 0 Å². The molecule has 6 rings (SSSR count). The molecule has 122 valence electrons. The van der Waals surface area contributed by atoms with Crippen molar-refractivity contribution in [3.8, 4) is 11.1 Å². The van der Waals surface area contributed by atoms with Gasteiger partial charge in [0.15, 0.2) is 6.10 Å². The lowest BCUT2D eigenvalue weighted by Gasteiger charge is -2.43. The molecule has 0 amide bonds. The maximum absolute atomic E-state index is 12.9. The summed E-state index contributed by atoms with van der Waals surface area (Å²) in [5.74, 6) is 0.544. The molecule has 24 heavy (non-hydrogen) atoms. The maximum atomic E-state index is 12.9. The second-order valence-electron chi connectivity index (χ2n) is 7.24. The van der Waals surface area contributed by atoms with E-state index in [4.69, 9.17) is 4.74 Å². The van der Waals surface area contributed by atoms with Gasteiger partial charge in [-0.15, -0.1) is 0 Å². The summed E-state index contributed by atoms with van der Waals surface area (Å²) in [6, 6.07) is 16.6. The van der Waals surface area contributed by atoms with E-state index in [0.29, 0.717) is 5.92 Å². The quantitative estimate of drug-likeness (QED) is 0.792. The molecule has 0 spiro atoms. The highest BCUT2D eigenvalue weighted by Gasteiger charge is 2.41. The van der Waals surface area contributed by atoms with Crippen molar-refractivity contribution in [2.45, 2.75) is 18.9 Å². The number of piperidine rings is 3. The molecule has 0 saturated carbocycles. The van der Waals surface area contributed by atoms with Crippen molar-refractivity contribution in [2.24, 2.45) is 11.8 Å². The molecule has 3 heterocycles. The van der Waals surface area contributed by atoms with Crippen molar-refractivity contribution in [1.82, 2.24) is 4.90 Å². The van der Waals surface area contributed by atoms with E-state index in [0.717, 1.165) is 43.6 Å². The van der Waals surface area contributed by atoms with Gasteiger partial charge >= 0.3 is 5.97 Å². The van der Waals surface area contributed by atoms with Crippen LogP contribution in [0, 0.1) is 11.8 Å². The predicted molar refractivity (Wildman–Crippen MR) is 92.5 cm³/mol. The highest BCUT2D eigenvalue weighted by molar-refractivity contribution is 5.81. The summed E-state index contributed by atoms with van der Waals surface area (Å²) >= 11 is 0. The third-order valence-electron chi connectivity index (χ3n) is 5.97. The van der Waals surface area contributed by atoms with Gasteiger partial charge in [-0.3, -0.25) is 4.79 Å². The second-order valence-corrected chi connectivity index (χ2v) is 7.24. The summed E-state index contributed by atoms with van der Waals surface area (Å²) < 4.78 is 6.09. The molecule has 0 aromatic heterocycles. The summed E-state index contributed by atoms with van der Waals surface area (Å²) in [6.45, 7) is 3.16. The van der Waals surface area contributed by atoms with Crippen molar-refractivity contribution >= 4 is 5.97 Å². The van der Waals surface area contributed by atoms with E-state index >= 15 is 0 Å². The lowest BCUT2D eigenvalue weighted by molar-refractivity contribution is -0.159. The van der Waals surface area contributed by atoms with Gasteiger partial charge in [-0.1, -0.05) is 48.5 Å². The molecule has 0 radical (unpaired) electrons. The smallest absolute Gasteiger partial charge is 0.311 e. The van der Waals surface area contributed by atoms with Crippen LogP contribution < -0.4 is 0 Å². The Morgan fingerprint density at radius 2 is 1.50 bits per heavy atom. The number of carbonyl (C=O) groups excluding carboxylic acids is 1. The minimum Gasteiger partial charge on any atom is -0.452 e. The molecule has 0 N–H and O–H groups in total. The second kappa shape index (κ2) is 5.45. The van der Waals surface area contributed by atoms with Gasteiger partial charge in [0.05, 0.1) is 5.92 Å². The standard InChI is InChI=1S/C21H21NO2/c23-21(19-13-22-11-9-14(19)10-12-22)24-20-17-7-3-1-5-15(17)16-6-2-4-8-18(16)20/h1-8,14,19-20H,9-13H2. The van der Waals surface area contributed by atoms with Crippen molar-refractivity contribution in [3.05, 3.63) is 59.7 Å². The molecule has 2 aromatic rings. The number of carbonyl (C=O) groups is 1. The van der Waals surface area contributed by atoms with Crippen LogP contribution in [-0.2, 0) is 9.53 Å². The van der Waals surface area contributed by atoms with Crippen LogP contribution in [0.4, 0.5) is 0 Å². The van der Waals surface area contributed by atoms with Crippen LogP contribution in [0.1, 0.15) is 30.1 Å². The fourth-order valence-electron chi connectivity index (χ4n) is 4.67. The molecule has 3 nitrogen and oxygen atoms in total. The molecule has 1 aliphatic carbocycles. The average molecular weight is 319 g/mol. The molecule has 1 unspecified atom stereocenters. The van der Waals surface area contributed by atoms with Gasteiger partial charge in [0.1, 0.15) is 0 Å². The van der Waals surface area contributed by atoms with Crippen molar-refractivity contribution < 1.29 is 9.53 Å². The van der Waals surface area contributed by atoms with E-state index in [1.807, 2.05) is 24.3 Å². The normalized spacial score (nSPS) is 27.6. The highest BCUT2D eigenvalue weighted by atomic mass is 16.5. The van der Waals surface area contributed by atoms with Crippen LogP contribution in [0.3, 0.4) is 0 Å². The Bertz CT molecular complexity index is 746. The fraction of sp³-hybridized carbons (Fsp3) is 0.381. The van der Waals surface area contributed by atoms with Gasteiger partial charge in [-0.2, -0.15) is 0 Å². The van der Waals surface area contributed by atoms with Gasteiger partial charge in [-0.25, -0.2) is 0 Å². The molecule has 4 aliphatic rings. The molecule has 2 aromatic carbocycles. The minimum absolute atomic E-state index is 0.0130. The van der Waals surface area contributed by atoms with Crippen molar-refractivity contribution in [2.75, 3.05) is 19.6 Å². The molecule has 2 bridgehead atoms. The number of hydrogen-bond donors (Lipinski definition) is 0. The number of rotatable bonds is 2. The maximum Gasteiger partial charge on any atom is 0.311 e. The molecule has 3 heteroatoms. The largest absolute Gasteiger partial charge is 0.452 e. The minimum atomic E-state index is -0.250. The highest BCUT2D eigenvalue weighted by Crippen LogP contribution is 2.46. The SMILES string of the molecule is O=C(OC1c2ccccc2-c2ccccc21)C1CN2CCC1CC2. The van der Waals surface area contributed by atoms with E-state index in [1.54, 1.807) is 0 Å². The number of esters is 1. The summed E-state index contributed by atoms with van der Waals surface area (Å²) in [7, 11) is 0. The topological polar surface area (TPSA) is 29.5 Å². The zero-order valence-corrected chi connectivity index (χ0v) is 13.7. The average Bonchev–Trinajstić information content (AvgIpc) is 2.97. The molecule has 3 fully saturated rings. The Hall–Kier alpha value is -2.13. The molecular formula is C21H21NO2. The Morgan fingerprint density at radius 1 is 0.917 bits per heavy atom. The van der Waals surface area contributed by atoms with Crippen LogP contribution in [0.15, 0.2) is 48.5 Å². The first-order valence-corrected chi connectivity index (χ1v) is 8.92. The molecule has 3 saturated heterocycles.